The van der Waals surface area contributed by atoms with Crippen molar-refractivity contribution in [3.8, 4) is 5.75 Å². The molecule has 1 aromatic rings. The standard InChI is InChI=1S/C11H14N4O/c12-7-3-1-2-4-9-5-6-10(14-15-13)8-11(9)16/h2,4-6,8,16H,1,3,7,12H2. The van der Waals surface area contributed by atoms with Gasteiger partial charge in [0.1, 0.15) is 5.75 Å². The summed E-state index contributed by atoms with van der Waals surface area (Å²) in [6, 6.07) is 4.79. The lowest BCUT2D eigenvalue weighted by Gasteiger charge is -1.99. The number of hydrogen-bond acceptors (Lipinski definition) is 3. The molecule has 0 fully saturated rings. The molecule has 0 aromatic heterocycles. The van der Waals surface area contributed by atoms with Gasteiger partial charge in [-0.05, 0) is 31.0 Å². The molecule has 0 saturated carbocycles. The quantitative estimate of drug-likeness (QED) is 0.344. The summed E-state index contributed by atoms with van der Waals surface area (Å²) in [5, 5.41) is 13.0. The van der Waals surface area contributed by atoms with Crippen LogP contribution >= 0.6 is 0 Å². The van der Waals surface area contributed by atoms with Gasteiger partial charge >= 0.3 is 0 Å². The highest BCUT2D eigenvalue weighted by Crippen LogP contribution is 2.25. The van der Waals surface area contributed by atoms with Crippen molar-refractivity contribution in [1.29, 1.82) is 0 Å². The molecule has 0 amide bonds. The zero-order valence-electron chi connectivity index (χ0n) is 8.87. The minimum absolute atomic E-state index is 0.105. The third kappa shape index (κ3) is 3.65. The molecule has 5 heteroatoms. The number of azide groups is 1. The summed E-state index contributed by atoms with van der Waals surface area (Å²) in [5.41, 5.74) is 14.7. The number of rotatable bonds is 5. The van der Waals surface area contributed by atoms with Crippen LogP contribution in [0.5, 0.6) is 5.75 Å². The number of nitrogens with zero attached hydrogens (tertiary/aromatic N) is 3. The lowest BCUT2D eigenvalue weighted by molar-refractivity contribution is 0.474. The number of hydrogen-bond donors (Lipinski definition) is 2. The van der Waals surface area contributed by atoms with Crippen LogP contribution in [0.2, 0.25) is 0 Å². The van der Waals surface area contributed by atoms with Gasteiger partial charge in [0.25, 0.3) is 0 Å². The normalized spacial score (nSPS) is 10.3. The van der Waals surface area contributed by atoms with Crippen molar-refractivity contribution in [3.05, 3.63) is 40.3 Å². The summed E-state index contributed by atoms with van der Waals surface area (Å²) in [7, 11) is 0. The molecule has 5 nitrogen and oxygen atoms in total. The van der Waals surface area contributed by atoms with E-state index in [1.807, 2.05) is 12.2 Å². The molecule has 0 unspecified atom stereocenters. The Morgan fingerprint density at radius 3 is 2.94 bits per heavy atom. The van der Waals surface area contributed by atoms with Gasteiger partial charge in [-0.3, -0.25) is 0 Å². The maximum atomic E-state index is 9.62. The monoisotopic (exact) mass is 218 g/mol. The lowest BCUT2D eigenvalue weighted by atomic mass is 10.1. The first-order valence-corrected chi connectivity index (χ1v) is 5.02. The first-order chi connectivity index (χ1) is 7.77. The second-order valence-corrected chi connectivity index (χ2v) is 3.27. The number of benzene rings is 1. The summed E-state index contributed by atoms with van der Waals surface area (Å²) < 4.78 is 0. The molecular weight excluding hydrogens is 204 g/mol. The molecule has 0 spiro atoms. The molecule has 0 aliphatic carbocycles. The fourth-order valence-corrected chi connectivity index (χ4v) is 1.23. The van der Waals surface area contributed by atoms with E-state index in [4.69, 9.17) is 11.3 Å². The van der Waals surface area contributed by atoms with E-state index in [2.05, 4.69) is 10.0 Å². The Bertz CT molecular complexity index is 422. The fourth-order valence-electron chi connectivity index (χ4n) is 1.23. The second kappa shape index (κ2) is 6.50. The van der Waals surface area contributed by atoms with E-state index < -0.39 is 0 Å². The van der Waals surface area contributed by atoms with E-state index in [1.54, 1.807) is 12.1 Å². The maximum absolute atomic E-state index is 9.62. The first kappa shape index (κ1) is 12.1. The minimum atomic E-state index is 0.105. The Kier molecular flexibility index (Phi) is 4.92. The van der Waals surface area contributed by atoms with Gasteiger partial charge in [-0.1, -0.05) is 29.4 Å². The topological polar surface area (TPSA) is 95.0 Å². The van der Waals surface area contributed by atoms with Gasteiger partial charge in [-0.15, -0.1) is 0 Å². The molecule has 16 heavy (non-hydrogen) atoms. The van der Waals surface area contributed by atoms with E-state index in [9.17, 15) is 5.11 Å². The highest BCUT2D eigenvalue weighted by molar-refractivity contribution is 5.60. The molecule has 0 saturated heterocycles. The molecule has 1 rings (SSSR count). The Labute approximate surface area is 93.8 Å². The molecule has 0 heterocycles. The predicted molar refractivity (Wildman–Crippen MR) is 64.2 cm³/mol. The van der Waals surface area contributed by atoms with Gasteiger partial charge in [0.2, 0.25) is 0 Å². The van der Waals surface area contributed by atoms with Gasteiger partial charge in [-0.25, -0.2) is 0 Å². The van der Waals surface area contributed by atoms with Crippen LogP contribution in [0, 0.1) is 0 Å². The summed E-state index contributed by atoms with van der Waals surface area (Å²) in [4.78, 5) is 2.65. The molecule has 0 atom stereocenters. The molecule has 0 radical (unpaired) electrons. The van der Waals surface area contributed by atoms with Crippen molar-refractivity contribution in [1.82, 2.24) is 0 Å². The van der Waals surface area contributed by atoms with Crippen LogP contribution in [-0.2, 0) is 0 Å². The van der Waals surface area contributed by atoms with E-state index in [0.29, 0.717) is 17.8 Å². The van der Waals surface area contributed by atoms with Crippen molar-refractivity contribution in [2.75, 3.05) is 6.54 Å². The van der Waals surface area contributed by atoms with E-state index >= 15 is 0 Å². The van der Waals surface area contributed by atoms with Crippen LogP contribution < -0.4 is 5.73 Å². The van der Waals surface area contributed by atoms with E-state index in [0.717, 1.165) is 12.8 Å². The van der Waals surface area contributed by atoms with Crippen LogP contribution in [0.4, 0.5) is 5.69 Å². The molecule has 0 aliphatic rings. The van der Waals surface area contributed by atoms with Crippen LogP contribution in [0.15, 0.2) is 29.4 Å². The Hall–Kier alpha value is -1.97. The smallest absolute Gasteiger partial charge is 0.123 e. The van der Waals surface area contributed by atoms with Crippen LogP contribution in [0.25, 0.3) is 16.5 Å². The van der Waals surface area contributed by atoms with Crippen LogP contribution in [0.3, 0.4) is 0 Å². The number of unbranched alkanes of at least 4 members (excludes halogenated alkanes) is 1. The average Bonchev–Trinajstić information content (AvgIpc) is 2.27. The summed E-state index contributed by atoms with van der Waals surface area (Å²) in [6.45, 7) is 0.659. The van der Waals surface area contributed by atoms with Crippen molar-refractivity contribution < 1.29 is 5.11 Å². The van der Waals surface area contributed by atoms with Crippen molar-refractivity contribution in [2.24, 2.45) is 10.8 Å². The molecule has 1 aromatic carbocycles. The van der Waals surface area contributed by atoms with Gasteiger partial charge < -0.3 is 10.8 Å². The van der Waals surface area contributed by atoms with E-state index in [1.165, 1.54) is 6.07 Å². The summed E-state index contributed by atoms with van der Waals surface area (Å²) >= 11 is 0. The van der Waals surface area contributed by atoms with Crippen LogP contribution in [-0.4, -0.2) is 11.7 Å². The van der Waals surface area contributed by atoms with Gasteiger partial charge in [0.15, 0.2) is 0 Å². The number of allylic oxidation sites excluding steroid dienone is 1. The largest absolute Gasteiger partial charge is 0.507 e. The average molecular weight is 218 g/mol. The molecular formula is C11H14N4O. The van der Waals surface area contributed by atoms with E-state index in [-0.39, 0.29) is 5.75 Å². The molecule has 3 N–H and O–H groups in total. The van der Waals surface area contributed by atoms with Crippen molar-refractivity contribution >= 4 is 11.8 Å². The Balaban J connectivity index is 2.74. The third-order valence-electron chi connectivity index (χ3n) is 2.05. The van der Waals surface area contributed by atoms with Gasteiger partial charge in [0.05, 0.1) is 0 Å². The zero-order valence-corrected chi connectivity index (χ0v) is 8.87. The number of phenolic OH excluding ortho intramolecular Hbond substituents is 1. The second-order valence-electron chi connectivity index (χ2n) is 3.27. The van der Waals surface area contributed by atoms with Crippen molar-refractivity contribution in [2.45, 2.75) is 12.8 Å². The molecule has 84 valence electrons. The highest BCUT2D eigenvalue weighted by Gasteiger charge is 1.97. The molecule has 0 bridgehead atoms. The summed E-state index contributed by atoms with van der Waals surface area (Å²) in [5.74, 6) is 0.105. The van der Waals surface area contributed by atoms with Gasteiger partial charge in [0, 0.05) is 16.2 Å². The first-order valence-electron chi connectivity index (χ1n) is 5.02. The predicted octanol–water partition coefficient (Wildman–Crippen LogP) is 3.09. The third-order valence-corrected chi connectivity index (χ3v) is 2.05. The number of nitrogens with two attached hydrogens (primary N) is 1. The number of phenols is 1. The SMILES string of the molecule is [N-]=[N+]=Nc1ccc(C=CCCCN)c(O)c1. The highest BCUT2D eigenvalue weighted by atomic mass is 16.3. The Morgan fingerprint density at radius 2 is 2.31 bits per heavy atom. The van der Waals surface area contributed by atoms with Crippen LogP contribution in [0.1, 0.15) is 18.4 Å². The maximum Gasteiger partial charge on any atom is 0.123 e. The summed E-state index contributed by atoms with van der Waals surface area (Å²) in [6.07, 6.45) is 5.59. The minimum Gasteiger partial charge on any atom is -0.507 e. The zero-order chi connectivity index (χ0) is 11.8. The Morgan fingerprint density at radius 1 is 1.50 bits per heavy atom. The molecule has 0 aliphatic heterocycles. The van der Waals surface area contributed by atoms with Gasteiger partial charge in [-0.2, -0.15) is 0 Å². The van der Waals surface area contributed by atoms with Crippen molar-refractivity contribution in [3.63, 3.8) is 0 Å². The number of aromatic hydroxyl groups is 1. The fraction of sp³-hybridized carbons (Fsp3) is 0.273. The lowest BCUT2D eigenvalue weighted by Crippen LogP contribution is -1.96.